The maximum atomic E-state index is 12.7. The standard InChI is InChI=1S/C30H31N3O4.C22H25N3O2.CH4/c1-2-31-28(34)32-24-14-12-23(13-15-24)26-20-30(37-27-11-7-6-10-25(26)27)16-18-33(19-17-30)29(35)36-21-22-8-4-3-5-9-22;1-2-24-21(26)25-17-9-7-16(8-10-17)19-15-22(11-13-23-14-12-22)27-20-6-4-3-5-18(19)20;/h3-15,20H,2,16-19,21H2,1H3,(H2,31,32,34);3-10,15,23H,2,11-14H2,1H3,(H2,24,25,26);1H4. The zero-order valence-corrected chi connectivity index (χ0v) is 36.5. The Hall–Kier alpha value is -7.05. The van der Waals surface area contributed by atoms with Gasteiger partial charge in [-0.1, -0.05) is 98.4 Å². The molecule has 12 heteroatoms. The number of benzene rings is 5. The van der Waals surface area contributed by atoms with Crippen LogP contribution in [0.5, 0.6) is 11.5 Å². The van der Waals surface area contributed by atoms with Crippen molar-refractivity contribution in [2.75, 3.05) is 49.9 Å². The van der Waals surface area contributed by atoms with Gasteiger partial charge in [0.05, 0.1) is 0 Å². The predicted molar refractivity (Wildman–Crippen MR) is 258 cm³/mol. The van der Waals surface area contributed by atoms with Crippen LogP contribution >= 0.6 is 0 Å². The molecule has 0 radical (unpaired) electrons. The largest absolute Gasteiger partial charge is 0.482 e. The number of anilines is 2. The van der Waals surface area contributed by atoms with Crippen molar-refractivity contribution in [1.82, 2.24) is 20.9 Å². The van der Waals surface area contributed by atoms with E-state index >= 15 is 0 Å². The van der Waals surface area contributed by atoms with Gasteiger partial charge in [0.2, 0.25) is 0 Å². The van der Waals surface area contributed by atoms with Crippen LogP contribution in [0.3, 0.4) is 0 Å². The van der Waals surface area contributed by atoms with Crippen molar-refractivity contribution in [3.8, 4) is 11.5 Å². The molecule has 2 fully saturated rings. The van der Waals surface area contributed by atoms with E-state index in [0.717, 1.165) is 82.2 Å². The minimum atomic E-state index is -0.502. The van der Waals surface area contributed by atoms with Gasteiger partial charge in [-0.05, 0) is 103 Å². The molecule has 9 rings (SSSR count). The summed E-state index contributed by atoms with van der Waals surface area (Å²) in [7, 11) is 0. The van der Waals surface area contributed by atoms with Crippen molar-refractivity contribution < 1.29 is 28.6 Å². The second kappa shape index (κ2) is 21.1. The number of nitrogens with zero attached hydrogens (tertiary/aromatic N) is 1. The molecule has 65 heavy (non-hydrogen) atoms. The molecule has 5 aromatic rings. The lowest BCUT2D eigenvalue weighted by molar-refractivity contribution is 0.0285. The lowest BCUT2D eigenvalue weighted by atomic mass is 9.83. The van der Waals surface area contributed by atoms with E-state index in [4.69, 9.17) is 14.2 Å². The van der Waals surface area contributed by atoms with Gasteiger partial charge in [-0.3, -0.25) is 0 Å². The Morgan fingerprint density at radius 2 is 1.05 bits per heavy atom. The smallest absolute Gasteiger partial charge is 0.410 e. The number of ether oxygens (including phenoxy) is 3. The zero-order chi connectivity index (χ0) is 44.4. The van der Waals surface area contributed by atoms with E-state index in [9.17, 15) is 14.4 Å². The first-order valence-electron chi connectivity index (χ1n) is 22.2. The minimum Gasteiger partial charge on any atom is -0.482 e. The maximum absolute atomic E-state index is 12.7. The lowest BCUT2D eigenvalue weighted by Gasteiger charge is -2.42. The summed E-state index contributed by atoms with van der Waals surface area (Å²) in [6, 6.07) is 41.4. The molecular formula is C53H60N6O6. The molecule has 2 saturated heterocycles. The summed E-state index contributed by atoms with van der Waals surface area (Å²) in [5.41, 5.74) is 8.34. The average molecular weight is 877 g/mol. The zero-order valence-electron chi connectivity index (χ0n) is 36.5. The molecule has 0 unspecified atom stereocenters. The molecule has 2 spiro atoms. The van der Waals surface area contributed by atoms with Crippen LogP contribution in [0.2, 0.25) is 0 Å². The third-order valence-corrected chi connectivity index (χ3v) is 11.9. The molecule has 5 aromatic carbocycles. The van der Waals surface area contributed by atoms with E-state index in [1.165, 1.54) is 5.57 Å². The van der Waals surface area contributed by atoms with Crippen molar-refractivity contribution in [2.24, 2.45) is 0 Å². The molecule has 4 aliphatic heterocycles. The molecule has 5 amide bonds. The van der Waals surface area contributed by atoms with E-state index in [1.54, 1.807) is 4.90 Å². The van der Waals surface area contributed by atoms with Crippen LogP contribution in [0.1, 0.15) is 74.8 Å². The van der Waals surface area contributed by atoms with Crippen LogP contribution in [0.4, 0.5) is 25.8 Å². The number of hydrogen-bond donors (Lipinski definition) is 5. The highest BCUT2D eigenvalue weighted by Crippen LogP contribution is 2.44. The summed E-state index contributed by atoms with van der Waals surface area (Å²) >= 11 is 0. The number of fused-ring (bicyclic) bond motifs is 2. The summed E-state index contributed by atoms with van der Waals surface area (Å²) in [5.74, 6) is 1.78. The minimum absolute atomic E-state index is 0. The molecule has 5 N–H and O–H groups in total. The number of piperidine rings is 2. The Kier molecular flexibility index (Phi) is 14.9. The van der Waals surface area contributed by atoms with Crippen molar-refractivity contribution in [3.63, 3.8) is 0 Å². The van der Waals surface area contributed by atoms with Crippen LogP contribution in [0, 0.1) is 0 Å². The number of amides is 5. The van der Waals surface area contributed by atoms with Gasteiger partial charge in [0, 0.05) is 74.4 Å². The Labute approximate surface area is 382 Å². The highest BCUT2D eigenvalue weighted by atomic mass is 16.6. The van der Waals surface area contributed by atoms with Gasteiger partial charge in [0.25, 0.3) is 0 Å². The van der Waals surface area contributed by atoms with Gasteiger partial charge >= 0.3 is 18.2 Å². The summed E-state index contributed by atoms with van der Waals surface area (Å²) in [4.78, 5) is 38.0. The summed E-state index contributed by atoms with van der Waals surface area (Å²) in [5, 5.41) is 14.6. The van der Waals surface area contributed by atoms with Crippen LogP contribution in [-0.2, 0) is 11.3 Å². The summed E-state index contributed by atoms with van der Waals surface area (Å²) in [6.45, 7) is 8.23. The third-order valence-electron chi connectivity index (χ3n) is 11.9. The highest BCUT2D eigenvalue weighted by molar-refractivity contribution is 5.91. The molecule has 0 saturated carbocycles. The fourth-order valence-electron chi connectivity index (χ4n) is 8.57. The molecule has 0 aliphatic carbocycles. The van der Waals surface area contributed by atoms with E-state index in [-0.39, 0.29) is 37.8 Å². The Bertz CT molecular complexity index is 2470. The number of nitrogens with one attached hydrogen (secondary N) is 5. The van der Waals surface area contributed by atoms with E-state index in [0.29, 0.717) is 39.0 Å². The molecule has 4 aliphatic rings. The highest BCUT2D eigenvalue weighted by Gasteiger charge is 2.41. The van der Waals surface area contributed by atoms with Crippen LogP contribution < -0.4 is 36.1 Å². The summed E-state index contributed by atoms with van der Waals surface area (Å²) in [6.07, 6.45) is 7.46. The first-order chi connectivity index (χ1) is 31.2. The van der Waals surface area contributed by atoms with E-state index in [2.05, 4.69) is 69.1 Å². The number of hydrogen-bond acceptors (Lipinski definition) is 7. The van der Waals surface area contributed by atoms with Crippen LogP contribution in [0.25, 0.3) is 11.1 Å². The van der Waals surface area contributed by atoms with Gasteiger partial charge in [0.15, 0.2) is 0 Å². The van der Waals surface area contributed by atoms with Gasteiger partial charge in [-0.25, -0.2) is 14.4 Å². The number of carbonyl (C=O) groups excluding carboxylic acids is 3. The fraction of sp³-hybridized carbons (Fsp3) is 0.302. The summed E-state index contributed by atoms with van der Waals surface area (Å²) < 4.78 is 18.5. The lowest BCUT2D eigenvalue weighted by Crippen LogP contribution is -2.49. The quantitative estimate of drug-likeness (QED) is 0.104. The van der Waals surface area contributed by atoms with Gasteiger partial charge in [-0.15, -0.1) is 0 Å². The Morgan fingerprint density at radius 1 is 0.600 bits per heavy atom. The first-order valence-corrected chi connectivity index (χ1v) is 22.2. The Morgan fingerprint density at radius 3 is 1.52 bits per heavy atom. The Balaban J connectivity index is 0.000000200. The molecule has 338 valence electrons. The average Bonchev–Trinajstić information content (AvgIpc) is 3.32. The second-order valence-electron chi connectivity index (χ2n) is 16.3. The molecule has 4 heterocycles. The van der Waals surface area contributed by atoms with Crippen molar-refractivity contribution in [1.29, 1.82) is 0 Å². The van der Waals surface area contributed by atoms with Crippen LogP contribution in [-0.4, -0.2) is 73.5 Å². The molecule has 0 bridgehead atoms. The van der Waals surface area contributed by atoms with Crippen molar-refractivity contribution >= 4 is 40.7 Å². The molecule has 0 aromatic heterocycles. The van der Waals surface area contributed by atoms with Crippen LogP contribution in [0.15, 0.2) is 140 Å². The SMILES string of the molecule is C.CCNC(=O)Nc1ccc(C2=CC3(CCN(C(=O)OCc4ccccc4)CC3)Oc3ccccc32)cc1.CCNC(=O)Nc1ccc(C2=CC3(CCNCC3)Oc3ccccc32)cc1. The normalized spacial score (nSPS) is 16.2. The number of urea groups is 2. The number of likely N-dealkylation sites (tertiary alicyclic amines) is 1. The van der Waals surface area contributed by atoms with Crippen molar-refractivity contribution in [2.45, 2.75) is 64.8 Å². The second-order valence-corrected chi connectivity index (χ2v) is 16.3. The fourth-order valence-corrected chi connectivity index (χ4v) is 8.57. The van der Waals surface area contributed by atoms with Gasteiger partial charge in [-0.2, -0.15) is 0 Å². The molecule has 0 atom stereocenters. The number of carbonyl (C=O) groups is 3. The van der Waals surface area contributed by atoms with Gasteiger partial charge < -0.3 is 45.7 Å². The van der Waals surface area contributed by atoms with Crippen molar-refractivity contribution in [3.05, 3.63) is 167 Å². The number of rotatable bonds is 8. The van der Waals surface area contributed by atoms with E-state index < -0.39 is 5.60 Å². The monoisotopic (exact) mass is 876 g/mol. The maximum Gasteiger partial charge on any atom is 0.410 e. The molecule has 12 nitrogen and oxygen atoms in total. The van der Waals surface area contributed by atoms with Gasteiger partial charge in [0.1, 0.15) is 29.3 Å². The number of para-hydroxylation sites is 2. The molecular weight excluding hydrogens is 817 g/mol. The predicted octanol–water partition coefficient (Wildman–Crippen LogP) is 10.2. The van der Waals surface area contributed by atoms with E-state index in [1.807, 2.05) is 111 Å². The third kappa shape index (κ3) is 11.2. The first kappa shape index (κ1) is 46.0. The topological polar surface area (TPSA) is 142 Å².